The van der Waals surface area contributed by atoms with Gasteiger partial charge in [-0.2, -0.15) is 0 Å². The quantitative estimate of drug-likeness (QED) is 0.411. The van der Waals surface area contributed by atoms with Gasteiger partial charge >= 0.3 is 0 Å². The van der Waals surface area contributed by atoms with Crippen LogP contribution in [0, 0.1) is 11.6 Å². The predicted molar refractivity (Wildman–Crippen MR) is 86.4 cm³/mol. The molecule has 5 N–H and O–H groups in total. The molecule has 7 atom stereocenters. The van der Waals surface area contributed by atoms with Crippen LogP contribution in [-0.2, 0) is 9.47 Å². The summed E-state index contributed by atoms with van der Waals surface area (Å²) in [5, 5.41) is 49.5. The first-order valence-corrected chi connectivity index (χ1v) is 8.61. The Bertz CT molecular complexity index is 631. The van der Waals surface area contributed by atoms with Gasteiger partial charge in [-0.15, -0.1) is 0 Å². The van der Waals surface area contributed by atoms with Gasteiger partial charge in [-0.1, -0.05) is 6.07 Å². The van der Waals surface area contributed by atoms with Crippen molar-refractivity contribution in [2.24, 2.45) is 0 Å². The van der Waals surface area contributed by atoms with E-state index >= 15 is 0 Å². The van der Waals surface area contributed by atoms with Crippen LogP contribution in [-0.4, -0.2) is 93.3 Å². The fourth-order valence-electron chi connectivity index (χ4n) is 3.52. The van der Waals surface area contributed by atoms with Crippen LogP contribution in [0.15, 0.2) is 18.2 Å². The van der Waals surface area contributed by atoms with E-state index in [-0.39, 0.29) is 19.7 Å². The highest BCUT2D eigenvalue weighted by Crippen LogP contribution is 2.32. The van der Waals surface area contributed by atoms with Crippen LogP contribution in [0.4, 0.5) is 8.78 Å². The van der Waals surface area contributed by atoms with Crippen LogP contribution in [0.2, 0.25) is 0 Å². The van der Waals surface area contributed by atoms with Gasteiger partial charge in [0.25, 0.3) is 0 Å². The number of β-amino-alcohol motifs (C(OH)–C–C–N with tert-alkyl or cyclic N) is 2. The fourth-order valence-corrected chi connectivity index (χ4v) is 3.52. The van der Waals surface area contributed by atoms with Crippen molar-refractivity contribution < 1.29 is 43.8 Å². The largest absolute Gasteiger partial charge is 0.395 e. The second-order valence-corrected chi connectivity index (χ2v) is 6.80. The third kappa shape index (κ3) is 4.13. The molecule has 0 radical (unpaired) electrons. The van der Waals surface area contributed by atoms with E-state index in [1.807, 2.05) is 0 Å². The highest BCUT2D eigenvalue weighted by Gasteiger charge is 2.43. The van der Waals surface area contributed by atoms with E-state index in [1.165, 1.54) is 11.0 Å². The predicted octanol–water partition coefficient (Wildman–Crippen LogP) is -1.50. The summed E-state index contributed by atoms with van der Waals surface area (Å²) < 4.78 is 38.5. The van der Waals surface area contributed by atoms with Crippen molar-refractivity contribution in [1.82, 2.24) is 4.90 Å². The van der Waals surface area contributed by atoms with Crippen molar-refractivity contribution in [2.45, 2.75) is 42.9 Å². The number of aliphatic hydroxyl groups excluding tert-OH is 5. The number of ether oxygens (including phenoxy) is 2. The maximum Gasteiger partial charge on any atom is 0.190 e. The summed E-state index contributed by atoms with van der Waals surface area (Å²) in [5.41, 5.74) is -0.457. The van der Waals surface area contributed by atoms with Crippen LogP contribution < -0.4 is 0 Å². The molecule has 10 heteroatoms. The number of halogens is 2. The molecule has 1 unspecified atom stereocenters. The topological polar surface area (TPSA) is 123 Å². The number of likely N-dealkylation sites (tertiary alicyclic amines) is 1. The molecule has 0 spiro atoms. The lowest BCUT2D eigenvalue weighted by Crippen LogP contribution is -2.52. The fraction of sp³-hybridized carbons (Fsp3) is 0.647. The average molecular weight is 391 g/mol. The second kappa shape index (κ2) is 8.41. The molecule has 0 saturated carbocycles. The molecule has 2 aliphatic heterocycles. The van der Waals surface area contributed by atoms with Crippen molar-refractivity contribution in [3.05, 3.63) is 35.4 Å². The lowest BCUT2D eigenvalue weighted by Gasteiger charge is -2.38. The normalized spacial score (nSPS) is 36.1. The Morgan fingerprint density at radius 1 is 1.15 bits per heavy atom. The van der Waals surface area contributed by atoms with Gasteiger partial charge in [-0.05, 0) is 12.1 Å². The van der Waals surface area contributed by atoms with Gasteiger partial charge in [0.05, 0.1) is 43.1 Å². The lowest BCUT2D eigenvalue weighted by molar-refractivity contribution is -0.278. The molecule has 0 amide bonds. The van der Waals surface area contributed by atoms with E-state index in [0.29, 0.717) is 0 Å². The van der Waals surface area contributed by atoms with Crippen LogP contribution >= 0.6 is 0 Å². The Morgan fingerprint density at radius 2 is 1.81 bits per heavy atom. The zero-order valence-corrected chi connectivity index (χ0v) is 14.4. The first kappa shape index (κ1) is 20.5. The van der Waals surface area contributed by atoms with Gasteiger partial charge in [0.2, 0.25) is 0 Å². The molecule has 2 saturated heterocycles. The van der Waals surface area contributed by atoms with Crippen molar-refractivity contribution >= 4 is 0 Å². The minimum Gasteiger partial charge on any atom is -0.395 e. The van der Waals surface area contributed by atoms with Gasteiger partial charge in [0, 0.05) is 13.1 Å². The first-order chi connectivity index (χ1) is 12.8. The van der Waals surface area contributed by atoms with E-state index in [9.17, 15) is 34.3 Å². The van der Waals surface area contributed by atoms with Gasteiger partial charge < -0.3 is 35.0 Å². The zero-order valence-electron chi connectivity index (χ0n) is 14.4. The molecule has 2 aliphatic rings. The number of hydrogen-bond acceptors (Lipinski definition) is 8. The Morgan fingerprint density at radius 3 is 2.44 bits per heavy atom. The number of nitrogens with zero attached hydrogens (tertiary/aromatic N) is 1. The van der Waals surface area contributed by atoms with E-state index in [0.717, 1.165) is 12.1 Å². The zero-order chi connectivity index (χ0) is 19.7. The summed E-state index contributed by atoms with van der Waals surface area (Å²) in [4.78, 5) is 1.46. The van der Waals surface area contributed by atoms with Crippen LogP contribution in [0.3, 0.4) is 0 Å². The van der Waals surface area contributed by atoms with Crippen molar-refractivity contribution in [1.29, 1.82) is 0 Å². The minimum atomic E-state index is -1.45. The summed E-state index contributed by atoms with van der Waals surface area (Å²) >= 11 is 0. The number of benzene rings is 1. The molecule has 1 aromatic carbocycles. The standard InChI is InChI=1S/C17H23F2NO7/c18-8-2-1-3-9(19)14(8)17-26-7-13(24)16(27-17)12(23)5-20-4-11(22)15(25)10(20)6-21/h1-3,10-13,15-17,21-25H,4-7H2/t10-,11-,12-,13-,15-,16-,17?/m1/s1. The number of aliphatic hydroxyl groups is 5. The molecule has 2 fully saturated rings. The van der Waals surface area contributed by atoms with E-state index in [4.69, 9.17) is 9.47 Å². The molecule has 1 aromatic rings. The molecule has 27 heavy (non-hydrogen) atoms. The molecule has 152 valence electrons. The highest BCUT2D eigenvalue weighted by atomic mass is 19.1. The SMILES string of the molecule is OC[C@@H]1[C@@H](O)[C@H](O)CN1C[C@@H](O)[C@H]1OC(c2c(F)cccc2F)OC[C@H]1O. The Balaban J connectivity index is 1.71. The maximum atomic E-state index is 14.0. The Kier molecular flexibility index (Phi) is 6.39. The summed E-state index contributed by atoms with van der Waals surface area (Å²) in [7, 11) is 0. The minimum absolute atomic E-state index is 0.00807. The molecule has 2 heterocycles. The summed E-state index contributed by atoms with van der Waals surface area (Å²) in [6.07, 6.45) is -7.52. The number of rotatable bonds is 5. The summed E-state index contributed by atoms with van der Waals surface area (Å²) in [6.45, 7) is -0.887. The molecule has 0 aliphatic carbocycles. The maximum absolute atomic E-state index is 14.0. The van der Waals surface area contributed by atoms with Gasteiger partial charge in [0.1, 0.15) is 23.8 Å². The van der Waals surface area contributed by atoms with Crippen molar-refractivity contribution in [3.63, 3.8) is 0 Å². The summed E-state index contributed by atoms with van der Waals surface area (Å²) in [5.74, 6) is -1.76. The molecule has 0 aromatic heterocycles. The van der Waals surface area contributed by atoms with Gasteiger partial charge in [-0.3, -0.25) is 4.90 Å². The molecular formula is C17H23F2NO7. The first-order valence-electron chi connectivity index (χ1n) is 8.61. The molecule has 0 bridgehead atoms. The van der Waals surface area contributed by atoms with E-state index in [2.05, 4.69) is 0 Å². The van der Waals surface area contributed by atoms with Crippen molar-refractivity contribution in [3.8, 4) is 0 Å². The molecule has 8 nitrogen and oxygen atoms in total. The lowest BCUT2D eigenvalue weighted by atomic mass is 10.0. The molecule has 3 rings (SSSR count). The summed E-state index contributed by atoms with van der Waals surface area (Å²) in [6, 6.07) is 2.49. The third-order valence-electron chi connectivity index (χ3n) is 4.98. The van der Waals surface area contributed by atoms with E-state index < -0.39 is 66.7 Å². The van der Waals surface area contributed by atoms with Crippen LogP contribution in [0.25, 0.3) is 0 Å². The van der Waals surface area contributed by atoms with Crippen LogP contribution in [0.1, 0.15) is 11.9 Å². The average Bonchev–Trinajstić information content (AvgIpc) is 2.89. The van der Waals surface area contributed by atoms with E-state index in [1.54, 1.807) is 0 Å². The third-order valence-corrected chi connectivity index (χ3v) is 4.98. The highest BCUT2D eigenvalue weighted by molar-refractivity contribution is 5.21. The Labute approximate surface area is 154 Å². The van der Waals surface area contributed by atoms with Gasteiger partial charge in [-0.25, -0.2) is 8.78 Å². The van der Waals surface area contributed by atoms with Crippen LogP contribution in [0.5, 0.6) is 0 Å². The number of hydrogen-bond donors (Lipinski definition) is 5. The smallest absolute Gasteiger partial charge is 0.190 e. The second-order valence-electron chi connectivity index (χ2n) is 6.80. The monoisotopic (exact) mass is 391 g/mol. The molecular weight excluding hydrogens is 368 g/mol. The Hall–Kier alpha value is -1.24. The van der Waals surface area contributed by atoms with Gasteiger partial charge in [0.15, 0.2) is 6.29 Å². The van der Waals surface area contributed by atoms with Crippen molar-refractivity contribution in [2.75, 3.05) is 26.3 Å².